The van der Waals surface area contributed by atoms with Gasteiger partial charge in [-0.15, -0.1) is 24.0 Å². The van der Waals surface area contributed by atoms with E-state index >= 15 is 0 Å². The van der Waals surface area contributed by atoms with Crippen LogP contribution >= 0.6 is 24.0 Å². The minimum Gasteiger partial charge on any atom is -0.497 e. The van der Waals surface area contributed by atoms with Gasteiger partial charge in [-0.3, -0.25) is 4.90 Å². The molecular formula is C23H35IN4O3. The number of likely N-dealkylation sites (tertiary alicyclic amines) is 1. The van der Waals surface area contributed by atoms with Crippen LogP contribution in [0, 0.1) is 6.92 Å². The van der Waals surface area contributed by atoms with E-state index in [0.717, 1.165) is 60.7 Å². The number of rotatable bonds is 9. The Morgan fingerprint density at radius 1 is 1.13 bits per heavy atom. The lowest BCUT2D eigenvalue weighted by molar-refractivity contribution is 0.213. The molecule has 2 aromatic rings. The Morgan fingerprint density at radius 2 is 1.90 bits per heavy atom. The van der Waals surface area contributed by atoms with Crippen molar-refractivity contribution >= 4 is 29.9 Å². The molecule has 31 heavy (non-hydrogen) atoms. The van der Waals surface area contributed by atoms with E-state index in [1.54, 1.807) is 14.2 Å². The first kappa shape index (κ1) is 25.3. The molecular weight excluding hydrogens is 507 g/mol. The second kappa shape index (κ2) is 12.8. The van der Waals surface area contributed by atoms with Crippen molar-refractivity contribution in [2.45, 2.75) is 39.3 Å². The standard InChI is InChI=1S/C23H34N4O3.HI/c1-5-24-23(25-15-18-9-10-19(28-3)14-22(18)29-4)26-16-20(27-12-6-7-13-27)21-11-8-17(2)30-21;/h8-11,14,20H,5-7,12-13,15-16H2,1-4H3,(H2,24,25,26);1H. The summed E-state index contributed by atoms with van der Waals surface area (Å²) in [7, 11) is 3.31. The van der Waals surface area contributed by atoms with Crippen molar-refractivity contribution in [1.82, 2.24) is 15.5 Å². The van der Waals surface area contributed by atoms with Crippen LogP contribution in [-0.2, 0) is 6.54 Å². The number of aliphatic imine (C=N–C) groups is 1. The zero-order valence-electron chi connectivity index (χ0n) is 18.9. The maximum atomic E-state index is 5.96. The summed E-state index contributed by atoms with van der Waals surface area (Å²) >= 11 is 0. The monoisotopic (exact) mass is 542 g/mol. The van der Waals surface area contributed by atoms with Crippen molar-refractivity contribution in [2.24, 2.45) is 4.99 Å². The Bertz CT molecular complexity index is 834. The normalized spacial score (nSPS) is 15.3. The van der Waals surface area contributed by atoms with E-state index in [1.165, 1.54) is 12.8 Å². The van der Waals surface area contributed by atoms with Gasteiger partial charge in [0.2, 0.25) is 0 Å². The molecule has 1 aromatic heterocycles. The summed E-state index contributed by atoms with van der Waals surface area (Å²) in [4.78, 5) is 7.26. The predicted molar refractivity (Wildman–Crippen MR) is 135 cm³/mol. The number of guanidine groups is 1. The molecule has 2 heterocycles. The minimum absolute atomic E-state index is 0. The molecule has 2 N–H and O–H groups in total. The molecule has 1 fully saturated rings. The van der Waals surface area contributed by atoms with Crippen LogP contribution < -0.4 is 20.1 Å². The van der Waals surface area contributed by atoms with Gasteiger partial charge >= 0.3 is 0 Å². The van der Waals surface area contributed by atoms with E-state index in [0.29, 0.717) is 6.54 Å². The van der Waals surface area contributed by atoms with Crippen LogP contribution in [0.5, 0.6) is 11.5 Å². The van der Waals surface area contributed by atoms with Crippen LogP contribution in [0.15, 0.2) is 39.7 Å². The van der Waals surface area contributed by atoms with Gasteiger partial charge in [-0.2, -0.15) is 0 Å². The highest BCUT2D eigenvalue weighted by molar-refractivity contribution is 14.0. The molecule has 8 heteroatoms. The van der Waals surface area contributed by atoms with E-state index in [4.69, 9.17) is 18.9 Å². The Morgan fingerprint density at radius 3 is 2.52 bits per heavy atom. The van der Waals surface area contributed by atoms with Crippen molar-refractivity contribution in [1.29, 1.82) is 0 Å². The third-order valence-corrected chi connectivity index (χ3v) is 5.38. The van der Waals surface area contributed by atoms with Gasteiger partial charge in [0.1, 0.15) is 23.0 Å². The summed E-state index contributed by atoms with van der Waals surface area (Å²) in [5.41, 5.74) is 1.01. The zero-order valence-corrected chi connectivity index (χ0v) is 21.3. The van der Waals surface area contributed by atoms with Crippen molar-refractivity contribution < 1.29 is 13.9 Å². The summed E-state index contributed by atoms with van der Waals surface area (Å²) in [6.07, 6.45) is 2.48. The molecule has 0 aliphatic carbocycles. The van der Waals surface area contributed by atoms with Gasteiger partial charge in [-0.1, -0.05) is 0 Å². The highest BCUT2D eigenvalue weighted by Crippen LogP contribution is 2.27. The first-order valence-corrected chi connectivity index (χ1v) is 10.7. The molecule has 1 saturated heterocycles. The van der Waals surface area contributed by atoms with Gasteiger partial charge in [0.25, 0.3) is 0 Å². The second-order valence-electron chi connectivity index (χ2n) is 7.46. The van der Waals surface area contributed by atoms with Gasteiger partial charge in [0.15, 0.2) is 5.96 Å². The number of furan rings is 1. The number of ether oxygens (including phenoxy) is 2. The number of nitrogens with zero attached hydrogens (tertiary/aromatic N) is 2. The van der Waals surface area contributed by atoms with E-state index in [1.807, 2.05) is 31.2 Å². The fraction of sp³-hybridized carbons (Fsp3) is 0.522. The van der Waals surface area contributed by atoms with E-state index in [9.17, 15) is 0 Å². The average Bonchev–Trinajstić information content (AvgIpc) is 3.44. The van der Waals surface area contributed by atoms with Crippen LogP contribution in [0.2, 0.25) is 0 Å². The number of halogens is 1. The van der Waals surface area contributed by atoms with Crippen molar-refractivity contribution in [2.75, 3.05) is 40.4 Å². The Balaban J connectivity index is 0.00000341. The van der Waals surface area contributed by atoms with Crippen LogP contribution in [0.4, 0.5) is 0 Å². The lowest BCUT2D eigenvalue weighted by atomic mass is 10.2. The van der Waals surface area contributed by atoms with Crippen LogP contribution in [-0.4, -0.2) is 51.3 Å². The van der Waals surface area contributed by atoms with E-state index in [2.05, 4.69) is 28.5 Å². The maximum absolute atomic E-state index is 5.96. The van der Waals surface area contributed by atoms with Gasteiger partial charge in [-0.25, -0.2) is 4.99 Å². The molecule has 0 spiro atoms. The molecule has 0 bridgehead atoms. The molecule has 3 rings (SSSR count). The summed E-state index contributed by atoms with van der Waals surface area (Å²) in [6.45, 7) is 8.30. The van der Waals surface area contributed by atoms with Crippen molar-refractivity contribution in [3.63, 3.8) is 0 Å². The molecule has 0 amide bonds. The third-order valence-electron chi connectivity index (χ3n) is 5.38. The Kier molecular flexibility index (Phi) is 10.5. The molecule has 1 aliphatic heterocycles. The minimum atomic E-state index is 0. The topological polar surface area (TPSA) is 71.3 Å². The SMILES string of the molecule is CCNC(=NCc1ccc(OC)cc1OC)NCC(c1ccc(C)o1)N1CCCC1.I. The number of hydrogen-bond donors (Lipinski definition) is 2. The number of methoxy groups -OCH3 is 2. The fourth-order valence-corrected chi connectivity index (χ4v) is 3.78. The first-order valence-electron chi connectivity index (χ1n) is 10.7. The highest BCUT2D eigenvalue weighted by atomic mass is 127. The average molecular weight is 542 g/mol. The van der Waals surface area contributed by atoms with Crippen molar-refractivity contribution in [3.05, 3.63) is 47.4 Å². The Hall–Kier alpha value is -1.94. The van der Waals surface area contributed by atoms with Gasteiger partial charge in [0.05, 0.1) is 26.8 Å². The molecule has 0 saturated carbocycles. The lowest BCUT2D eigenvalue weighted by Crippen LogP contribution is -2.42. The molecule has 172 valence electrons. The van der Waals surface area contributed by atoms with Gasteiger partial charge in [-0.05, 0) is 64.0 Å². The van der Waals surface area contributed by atoms with E-state index < -0.39 is 0 Å². The smallest absolute Gasteiger partial charge is 0.191 e. The third kappa shape index (κ3) is 7.03. The molecule has 1 unspecified atom stereocenters. The molecule has 1 aromatic carbocycles. The molecule has 7 nitrogen and oxygen atoms in total. The van der Waals surface area contributed by atoms with Gasteiger partial charge < -0.3 is 24.5 Å². The zero-order chi connectivity index (χ0) is 21.3. The summed E-state index contributed by atoms with van der Waals surface area (Å²) < 4.78 is 16.7. The molecule has 1 atom stereocenters. The van der Waals surface area contributed by atoms with Crippen LogP contribution in [0.3, 0.4) is 0 Å². The first-order chi connectivity index (χ1) is 14.6. The number of nitrogens with one attached hydrogen (secondary N) is 2. The molecule has 1 aliphatic rings. The van der Waals surface area contributed by atoms with Crippen LogP contribution in [0.1, 0.15) is 42.9 Å². The summed E-state index contributed by atoms with van der Waals surface area (Å²) in [5.74, 6) is 4.28. The number of benzene rings is 1. The largest absolute Gasteiger partial charge is 0.497 e. The fourth-order valence-electron chi connectivity index (χ4n) is 3.78. The quantitative estimate of drug-likeness (QED) is 0.283. The summed E-state index contributed by atoms with van der Waals surface area (Å²) in [6, 6.07) is 10.1. The second-order valence-corrected chi connectivity index (χ2v) is 7.46. The van der Waals surface area contributed by atoms with Gasteiger partial charge in [0, 0.05) is 24.7 Å². The number of hydrogen-bond acceptors (Lipinski definition) is 5. The molecule has 0 radical (unpaired) electrons. The Labute approximate surface area is 202 Å². The maximum Gasteiger partial charge on any atom is 0.191 e. The highest BCUT2D eigenvalue weighted by Gasteiger charge is 2.26. The van der Waals surface area contributed by atoms with E-state index in [-0.39, 0.29) is 30.0 Å². The predicted octanol–water partition coefficient (Wildman–Crippen LogP) is 4.12. The lowest BCUT2D eigenvalue weighted by Gasteiger charge is -2.26. The van der Waals surface area contributed by atoms with Crippen molar-refractivity contribution in [3.8, 4) is 11.5 Å². The van der Waals surface area contributed by atoms with Crippen LogP contribution in [0.25, 0.3) is 0 Å². The number of aryl methyl sites for hydroxylation is 1. The summed E-state index contributed by atoms with van der Waals surface area (Å²) in [5, 5.41) is 6.85.